The van der Waals surface area contributed by atoms with Crippen molar-refractivity contribution in [2.24, 2.45) is 7.05 Å². The number of ether oxygens (including phenoxy) is 2. The highest BCUT2D eigenvalue weighted by Crippen LogP contribution is 2.35. The van der Waals surface area contributed by atoms with Crippen molar-refractivity contribution in [1.29, 1.82) is 0 Å². The first-order valence-electron chi connectivity index (χ1n) is 11.0. The van der Waals surface area contributed by atoms with Crippen LogP contribution in [0.2, 0.25) is 0 Å². The summed E-state index contributed by atoms with van der Waals surface area (Å²) in [4.78, 5) is 26.5. The van der Waals surface area contributed by atoms with Gasteiger partial charge in [-0.15, -0.1) is 0 Å². The van der Waals surface area contributed by atoms with Gasteiger partial charge in [0.25, 0.3) is 0 Å². The van der Waals surface area contributed by atoms with Crippen LogP contribution in [-0.2, 0) is 11.8 Å². The quantitative estimate of drug-likeness (QED) is 0.435. The first-order valence-corrected chi connectivity index (χ1v) is 11.0. The van der Waals surface area contributed by atoms with Gasteiger partial charge in [-0.3, -0.25) is 4.57 Å². The number of hydrogen-bond donors (Lipinski definition) is 1. The lowest BCUT2D eigenvalue weighted by atomic mass is 9.98. The van der Waals surface area contributed by atoms with Gasteiger partial charge in [0.05, 0.1) is 48.0 Å². The second-order valence-corrected chi connectivity index (χ2v) is 8.68. The number of imidazole rings is 1. The number of pyridine rings is 2. The summed E-state index contributed by atoms with van der Waals surface area (Å²) < 4.78 is 27.7. The first-order chi connectivity index (χ1) is 15.9. The molecular weight excluding hydrogens is 425 g/mol. The molecule has 4 heterocycles. The number of nitrogens with zero attached hydrogens (tertiary/aromatic N) is 4. The summed E-state index contributed by atoms with van der Waals surface area (Å²) in [5, 5.41) is 0.687. The molecule has 0 aliphatic carbocycles. The molecule has 5 rings (SSSR count). The minimum absolute atomic E-state index is 0.0931. The lowest BCUT2D eigenvalue weighted by Gasteiger charge is -2.26. The van der Waals surface area contributed by atoms with Crippen LogP contribution in [0.4, 0.5) is 4.39 Å². The van der Waals surface area contributed by atoms with Crippen LogP contribution in [0.15, 0.2) is 35.3 Å². The van der Waals surface area contributed by atoms with Crippen LogP contribution in [0.3, 0.4) is 0 Å². The summed E-state index contributed by atoms with van der Waals surface area (Å²) >= 11 is 0. The van der Waals surface area contributed by atoms with Crippen molar-refractivity contribution in [3.05, 3.63) is 52.5 Å². The predicted octanol–water partition coefficient (Wildman–Crippen LogP) is 3.06. The number of aromatic nitrogens is 4. The molecule has 0 spiro atoms. The average molecular weight is 452 g/mol. The molecule has 9 heteroatoms. The molecule has 0 radical (unpaired) electrons. The SMILES string of the molecule is CN(C)CCCOc1ccc(-c2cc3c(cc2F)nc(C2COC2)c2c3[nH]c(=O)n2C)cn1. The van der Waals surface area contributed by atoms with Gasteiger partial charge in [0.1, 0.15) is 5.82 Å². The van der Waals surface area contributed by atoms with Gasteiger partial charge < -0.3 is 19.4 Å². The fourth-order valence-electron chi connectivity index (χ4n) is 4.13. The lowest BCUT2D eigenvalue weighted by Crippen LogP contribution is -2.27. The highest BCUT2D eigenvalue weighted by molar-refractivity contribution is 6.05. The number of hydrogen-bond acceptors (Lipinski definition) is 6. The molecule has 0 atom stereocenters. The third-order valence-electron chi connectivity index (χ3n) is 6.02. The molecule has 33 heavy (non-hydrogen) atoms. The Balaban J connectivity index is 1.52. The molecular formula is C24H26FN5O3. The van der Waals surface area contributed by atoms with E-state index in [4.69, 9.17) is 14.5 Å². The van der Waals surface area contributed by atoms with Crippen molar-refractivity contribution >= 4 is 21.9 Å². The Labute approximate surface area is 190 Å². The minimum atomic E-state index is -0.398. The normalized spacial score (nSPS) is 14.3. The maximum atomic E-state index is 15.1. The number of rotatable bonds is 7. The summed E-state index contributed by atoms with van der Waals surface area (Å²) in [5.74, 6) is 0.197. The Bertz CT molecular complexity index is 1370. The Morgan fingerprint density at radius 1 is 1.30 bits per heavy atom. The van der Waals surface area contributed by atoms with Gasteiger partial charge in [-0.1, -0.05) is 0 Å². The van der Waals surface area contributed by atoms with E-state index in [0.717, 1.165) is 24.2 Å². The molecule has 0 saturated carbocycles. The molecule has 0 amide bonds. The molecule has 4 aromatic rings. The van der Waals surface area contributed by atoms with Crippen molar-refractivity contribution in [1.82, 2.24) is 24.4 Å². The van der Waals surface area contributed by atoms with E-state index < -0.39 is 5.82 Å². The molecule has 1 N–H and O–H groups in total. The molecule has 8 nitrogen and oxygen atoms in total. The van der Waals surface area contributed by atoms with E-state index in [1.165, 1.54) is 6.07 Å². The van der Waals surface area contributed by atoms with Crippen molar-refractivity contribution in [2.45, 2.75) is 12.3 Å². The van der Waals surface area contributed by atoms with E-state index >= 15 is 4.39 Å². The fourth-order valence-corrected chi connectivity index (χ4v) is 4.13. The van der Waals surface area contributed by atoms with Gasteiger partial charge in [0.2, 0.25) is 5.88 Å². The number of benzene rings is 1. The van der Waals surface area contributed by atoms with Gasteiger partial charge in [-0.05, 0) is 32.6 Å². The maximum absolute atomic E-state index is 15.1. The largest absolute Gasteiger partial charge is 0.478 e. The van der Waals surface area contributed by atoms with Crippen LogP contribution in [0.5, 0.6) is 5.88 Å². The van der Waals surface area contributed by atoms with Crippen molar-refractivity contribution in [3.8, 4) is 17.0 Å². The van der Waals surface area contributed by atoms with Crippen LogP contribution < -0.4 is 10.4 Å². The van der Waals surface area contributed by atoms with Crippen LogP contribution >= 0.6 is 0 Å². The number of aromatic amines is 1. The van der Waals surface area contributed by atoms with Crippen LogP contribution in [-0.4, -0.2) is 64.9 Å². The Hall–Kier alpha value is -3.30. The second kappa shape index (κ2) is 8.57. The van der Waals surface area contributed by atoms with Gasteiger partial charge in [-0.2, -0.15) is 0 Å². The number of nitrogens with one attached hydrogen (secondary N) is 1. The van der Waals surface area contributed by atoms with E-state index in [1.54, 1.807) is 36.0 Å². The zero-order valence-corrected chi connectivity index (χ0v) is 18.9. The Morgan fingerprint density at radius 2 is 2.12 bits per heavy atom. The molecule has 0 bridgehead atoms. The molecule has 1 aliphatic heterocycles. The number of H-pyrrole nitrogens is 1. The lowest BCUT2D eigenvalue weighted by molar-refractivity contribution is 0.00734. The molecule has 172 valence electrons. The van der Waals surface area contributed by atoms with E-state index in [9.17, 15) is 4.79 Å². The first kappa shape index (κ1) is 21.5. The second-order valence-electron chi connectivity index (χ2n) is 8.68. The average Bonchev–Trinajstić information content (AvgIpc) is 3.05. The molecule has 1 aliphatic rings. The van der Waals surface area contributed by atoms with Gasteiger partial charge in [0.15, 0.2) is 0 Å². The molecule has 3 aromatic heterocycles. The smallest absolute Gasteiger partial charge is 0.326 e. The molecule has 1 saturated heterocycles. The van der Waals surface area contributed by atoms with E-state index in [2.05, 4.69) is 14.9 Å². The van der Waals surface area contributed by atoms with Crippen LogP contribution in [0, 0.1) is 5.82 Å². The summed E-state index contributed by atoms with van der Waals surface area (Å²) in [6.45, 7) is 2.58. The van der Waals surface area contributed by atoms with E-state index in [0.29, 0.717) is 53.2 Å². The maximum Gasteiger partial charge on any atom is 0.326 e. The highest BCUT2D eigenvalue weighted by atomic mass is 19.1. The van der Waals surface area contributed by atoms with Gasteiger partial charge >= 0.3 is 5.69 Å². The third kappa shape index (κ3) is 3.98. The van der Waals surface area contributed by atoms with Crippen LogP contribution in [0.1, 0.15) is 18.0 Å². The fraction of sp³-hybridized carbons (Fsp3) is 0.375. The highest BCUT2D eigenvalue weighted by Gasteiger charge is 2.27. The summed E-state index contributed by atoms with van der Waals surface area (Å²) in [7, 11) is 5.74. The predicted molar refractivity (Wildman–Crippen MR) is 124 cm³/mol. The minimum Gasteiger partial charge on any atom is -0.478 e. The van der Waals surface area contributed by atoms with E-state index in [1.807, 2.05) is 14.1 Å². The summed E-state index contributed by atoms with van der Waals surface area (Å²) in [5.41, 5.74) is 3.43. The monoisotopic (exact) mass is 451 g/mol. The molecule has 0 unspecified atom stereocenters. The number of fused-ring (bicyclic) bond motifs is 3. The Kier molecular flexibility index (Phi) is 5.59. The van der Waals surface area contributed by atoms with Crippen molar-refractivity contribution in [2.75, 3.05) is 40.5 Å². The van der Waals surface area contributed by atoms with E-state index in [-0.39, 0.29) is 11.6 Å². The van der Waals surface area contributed by atoms with Gasteiger partial charge in [0, 0.05) is 48.4 Å². The van der Waals surface area contributed by atoms with Crippen molar-refractivity contribution in [3.63, 3.8) is 0 Å². The molecule has 1 aromatic carbocycles. The molecule has 1 fully saturated rings. The third-order valence-corrected chi connectivity index (χ3v) is 6.02. The summed E-state index contributed by atoms with van der Waals surface area (Å²) in [6.07, 6.45) is 2.49. The topological polar surface area (TPSA) is 85.3 Å². The number of halogens is 1. The van der Waals surface area contributed by atoms with Crippen LogP contribution in [0.25, 0.3) is 33.1 Å². The Morgan fingerprint density at radius 3 is 2.79 bits per heavy atom. The zero-order valence-electron chi connectivity index (χ0n) is 18.9. The number of aryl methyl sites for hydroxylation is 1. The van der Waals surface area contributed by atoms with Crippen molar-refractivity contribution < 1.29 is 13.9 Å². The zero-order chi connectivity index (χ0) is 23.1. The standard InChI is InChI=1S/C24H26FN5O3/c1-29(2)7-4-8-33-20-6-5-14(11-26-20)16-9-17-19(10-18(16)25)27-21(15-12-32-13-15)23-22(17)28-24(31)30(23)3/h5-6,9-11,15H,4,7-8,12-13H2,1-3H3,(H,28,31). The van der Waals surface area contributed by atoms with Gasteiger partial charge in [-0.25, -0.2) is 19.2 Å². The summed E-state index contributed by atoms with van der Waals surface area (Å²) in [6, 6.07) is 6.68.